The molecule has 1 heterocycles. The van der Waals surface area contributed by atoms with Crippen molar-refractivity contribution in [1.29, 1.82) is 0 Å². The molecule has 0 bridgehead atoms. The van der Waals surface area contributed by atoms with Crippen molar-refractivity contribution in [2.75, 3.05) is 32.7 Å². The van der Waals surface area contributed by atoms with E-state index < -0.39 is 0 Å². The van der Waals surface area contributed by atoms with E-state index in [4.69, 9.17) is 5.73 Å². The Labute approximate surface area is 129 Å². The van der Waals surface area contributed by atoms with Gasteiger partial charge in [0.2, 0.25) is 0 Å². The number of likely N-dealkylation sites (tertiary alicyclic amines) is 1. The van der Waals surface area contributed by atoms with Crippen molar-refractivity contribution in [3.05, 3.63) is 35.4 Å². The van der Waals surface area contributed by atoms with Gasteiger partial charge in [-0.1, -0.05) is 38.1 Å². The Bertz CT molecular complexity index is 456. The molecule has 0 amide bonds. The van der Waals surface area contributed by atoms with Crippen molar-refractivity contribution in [1.82, 2.24) is 9.80 Å². The minimum Gasteiger partial charge on any atom is -0.329 e. The maximum absolute atomic E-state index is 6.26. The lowest BCUT2D eigenvalue weighted by Gasteiger charge is -2.38. The van der Waals surface area contributed by atoms with Crippen LogP contribution in [0.2, 0.25) is 0 Å². The van der Waals surface area contributed by atoms with Crippen molar-refractivity contribution in [2.24, 2.45) is 5.73 Å². The lowest BCUT2D eigenvalue weighted by molar-refractivity contribution is 0.117. The molecule has 2 N–H and O–H groups in total. The van der Waals surface area contributed by atoms with Crippen molar-refractivity contribution >= 4 is 0 Å². The predicted octanol–water partition coefficient (Wildman–Crippen LogP) is 1.90. The summed E-state index contributed by atoms with van der Waals surface area (Å²) < 4.78 is 0. The highest BCUT2D eigenvalue weighted by Crippen LogP contribution is 2.36. The molecule has 1 saturated heterocycles. The van der Waals surface area contributed by atoms with Crippen LogP contribution in [0.4, 0.5) is 0 Å². The zero-order valence-electron chi connectivity index (χ0n) is 13.5. The first-order valence-corrected chi connectivity index (χ1v) is 8.48. The molecule has 0 aromatic heterocycles. The van der Waals surface area contributed by atoms with Crippen LogP contribution in [0.25, 0.3) is 0 Å². The maximum atomic E-state index is 6.26. The molecule has 1 unspecified atom stereocenters. The van der Waals surface area contributed by atoms with Gasteiger partial charge in [-0.05, 0) is 43.5 Å². The summed E-state index contributed by atoms with van der Waals surface area (Å²) in [5.74, 6) is 0. The van der Waals surface area contributed by atoms with Gasteiger partial charge < -0.3 is 5.73 Å². The van der Waals surface area contributed by atoms with E-state index in [0.717, 1.165) is 32.5 Å². The van der Waals surface area contributed by atoms with Gasteiger partial charge in [0, 0.05) is 31.2 Å². The van der Waals surface area contributed by atoms with Gasteiger partial charge in [-0.3, -0.25) is 9.80 Å². The fourth-order valence-electron chi connectivity index (χ4n) is 4.38. The Hall–Kier alpha value is -0.900. The summed E-state index contributed by atoms with van der Waals surface area (Å²) in [5, 5.41) is 0. The van der Waals surface area contributed by atoms with Crippen LogP contribution in [0.15, 0.2) is 24.3 Å². The molecule has 0 spiro atoms. The first kappa shape index (κ1) is 15.0. The summed E-state index contributed by atoms with van der Waals surface area (Å²) in [5.41, 5.74) is 9.45. The van der Waals surface area contributed by atoms with E-state index in [1.807, 2.05) is 0 Å². The highest BCUT2D eigenvalue weighted by Gasteiger charge is 2.44. The molecule has 1 fully saturated rings. The van der Waals surface area contributed by atoms with E-state index in [9.17, 15) is 0 Å². The van der Waals surface area contributed by atoms with E-state index in [0.29, 0.717) is 6.04 Å². The first-order valence-electron chi connectivity index (χ1n) is 8.48. The van der Waals surface area contributed by atoms with Crippen LogP contribution in [0.1, 0.15) is 31.4 Å². The molecule has 1 atom stereocenters. The summed E-state index contributed by atoms with van der Waals surface area (Å²) in [6.45, 7) is 10.0. The lowest BCUT2D eigenvalue weighted by Crippen LogP contribution is -2.54. The number of benzene rings is 1. The molecule has 1 aromatic carbocycles. The third kappa shape index (κ3) is 2.63. The van der Waals surface area contributed by atoms with Crippen LogP contribution in [0.3, 0.4) is 0 Å². The van der Waals surface area contributed by atoms with E-state index in [-0.39, 0.29) is 5.54 Å². The maximum Gasteiger partial charge on any atom is 0.0412 e. The molecule has 3 rings (SSSR count). The Kier molecular flexibility index (Phi) is 4.34. The Morgan fingerprint density at radius 3 is 2.33 bits per heavy atom. The van der Waals surface area contributed by atoms with Gasteiger partial charge in [0.05, 0.1) is 0 Å². The molecular weight excluding hydrogens is 258 g/mol. The van der Waals surface area contributed by atoms with Crippen LogP contribution >= 0.6 is 0 Å². The van der Waals surface area contributed by atoms with Crippen molar-refractivity contribution in [2.45, 2.75) is 44.7 Å². The predicted molar refractivity (Wildman–Crippen MR) is 88.5 cm³/mol. The Balaban J connectivity index is 1.75. The first-order chi connectivity index (χ1) is 10.2. The monoisotopic (exact) mass is 287 g/mol. The van der Waals surface area contributed by atoms with E-state index >= 15 is 0 Å². The SMILES string of the molecule is CCN(CC)C1CCN(C2(CN)Cc3ccccc3C2)C1. The number of likely N-dealkylation sites (N-methyl/N-ethyl adjacent to an activating group) is 1. The topological polar surface area (TPSA) is 32.5 Å². The van der Waals surface area contributed by atoms with Gasteiger partial charge in [0.15, 0.2) is 0 Å². The van der Waals surface area contributed by atoms with Crippen molar-refractivity contribution in [3.63, 3.8) is 0 Å². The van der Waals surface area contributed by atoms with E-state index in [2.05, 4.69) is 47.9 Å². The van der Waals surface area contributed by atoms with E-state index in [1.165, 1.54) is 30.6 Å². The van der Waals surface area contributed by atoms with Crippen LogP contribution < -0.4 is 5.73 Å². The summed E-state index contributed by atoms with van der Waals surface area (Å²) in [7, 11) is 0. The summed E-state index contributed by atoms with van der Waals surface area (Å²) in [6, 6.07) is 9.60. The number of fused-ring (bicyclic) bond motifs is 1. The fraction of sp³-hybridized carbons (Fsp3) is 0.667. The van der Waals surface area contributed by atoms with Crippen LogP contribution in [0.5, 0.6) is 0 Å². The molecule has 3 nitrogen and oxygen atoms in total. The Morgan fingerprint density at radius 2 is 1.81 bits per heavy atom. The second kappa shape index (κ2) is 6.07. The average Bonchev–Trinajstić information content (AvgIpc) is 3.13. The Morgan fingerprint density at radius 1 is 1.19 bits per heavy atom. The molecule has 21 heavy (non-hydrogen) atoms. The van der Waals surface area contributed by atoms with Crippen LogP contribution in [-0.4, -0.2) is 54.1 Å². The van der Waals surface area contributed by atoms with Gasteiger partial charge >= 0.3 is 0 Å². The summed E-state index contributed by atoms with van der Waals surface area (Å²) in [6.07, 6.45) is 3.55. The van der Waals surface area contributed by atoms with Gasteiger partial charge in [0.1, 0.15) is 0 Å². The fourth-order valence-corrected chi connectivity index (χ4v) is 4.38. The highest BCUT2D eigenvalue weighted by molar-refractivity contribution is 5.37. The average molecular weight is 287 g/mol. The zero-order chi connectivity index (χ0) is 14.9. The minimum atomic E-state index is 0.172. The van der Waals surface area contributed by atoms with E-state index in [1.54, 1.807) is 0 Å². The third-order valence-corrected chi connectivity index (χ3v) is 5.70. The summed E-state index contributed by atoms with van der Waals surface area (Å²) >= 11 is 0. The molecule has 3 heteroatoms. The molecule has 0 radical (unpaired) electrons. The number of hydrogen-bond acceptors (Lipinski definition) is 3. The van der Waals surface area contributed by atoms with Crippen LogP contribution in [0, 0.1) is 0 Å². The van der Waals surface area contributed by atoms with Gasteiger partial charge in [-0.25, -0.2) is 0 Å². The number of hydrogen-bond donors (Lipinski definition) is 1. The molecule has 1 aromatic rings. The lowest BCUT2D eigenvalue weighted by atomic mass is 9.93. The number of rotatable bonds is 5. The molecule has 1 aliphatic carbocycles. The van der Waals surface area contributed by atoms with Crippen molar-refractivity contribution < 1.29 is 0 Å². The number of nitrogens with zero attached hydrogens (tertiary/aromatic N) is 2. The van der Waals surface area contributed by atoms with Gasteiger partial charge in [-0.15, -0.1) is 0 Å². The summed E-state index contributed by atoms with van der Waals surface area (Å²) in [4.78, 5) is 5.29. The molecular formula is C18H29N3. The second-order valence-corrected chi connectivity index (χ2v) is 6.66. The molecule has 1 aliphatic heterocycles. The quantitative estimate of drug-likeness (QED) is 0.898. The second-order valence-electron chi connectivity index (χ2n) is 6.66. The molecule has 0 saturated carbocycles. The van der Waals surface area contributed by atoms with Crippen LogP contribution in [-0.2, 0) is 12.8 Å². The highest BCUT2D eigenvalue weighted by atomic mass is 15.3. The zero-order valence-corrected chi connectivity index (χ0v) is 13.5. The van der Waals surface area contributed by atoms with Gasteiger partial charge in [-0.2, -0.15) is 0 Å². The minimum absolute atomic E-state index is 0.172. The molecule has 116 valence electrons. The van der Waals surface area contributed by atoms with Gasteiger partial charge in [0.25, 0.3) is 0 Å². The standard InChI is InChI=1S/C18H29N3/c1-3-20(4-2)17-9-10-21(13-17)18(14-19)11-15-7-5-6-8-16(15)12-18/h5-8,17H,3-4,9-14,19H2,1-2H3. The normalized spacial score (nSPS) is 24.7. The number of nitrogens with two attached hydrogens (primary N) is 1. The van der Waals surface area contributed by atoms with Crippen molar-refractivity contribution in [3.8, 4) is 0 Å². The smallest absolute Gasteiger partial charge is 0.0412 e. The third-order valence-electron chi connectivity index (χ3n) is 5.70. The largest absolute Gasteiger partial charge is 0.329 e. The molecule has 2 aliphatic rings.